The van der Waals surface area contributed by atoms with Gasteiger partial charge in [-0.1, -0.05) is 172 Å². The highest BCUT2D eigenvalue weighted by Gasteiger charge is 2.54. The van der Waals surface area contributed by atoms with Crippen LogP contribution < -0.4 is 5.32 Å². The number of hydrogen-bond acceptors (Lipinski definition) is 17. The fourth-order valence-corrected chi connectivity index (χ4v) is 12.3. The van der Waals surface area contributed by atoms with Crippen LogP contribution in [0.2, 0.25) is 0 Å². The van der Waals surface area contributed by atoms with E-state index in [4.69, 9.17) is 101 Å². The van der Waals surface area contributed by atoms with E-state index in [1.54, 1.807) is 0 Å². The minimum Gasteiger partial charge on any atom is -0.457 e. The van der Waals surface area contributed by atoms with Gasteiger partial charge in [-0.25, -0.2) is 9.18 Å². The van der Waals surface area contributed by atoms with E-state index in [0.29, 0.717) is 32.7 Å². The first kappa shape index (κ1) is 68.5. The average Bonchev–Trinajstić information content (AvgIpc) is 2.35. The number of carbonyl (C=O) groups excluding carboxylic acids is 3. The lowest BCUT2D eigenvalue weighted by molar-refractivity contribution is -0.350. The zero-order valence-electron chi connectivity index (χ0n) is 50.8. The van der Waals surface area contributed by atoms with Gasteiger partial charge in [0.25, 0.3) is 0 Å². The molecule has 0 aliphatic carbocycles. The molecular formula is C62H91Cl3FNO17. The lowest BCUT2D eigenvalue weighted by atomic mass is 9.82. The second-order valence-corrected chi connectivity index (χ2v) is 26.4. The van der Waals surface area contributed by atoms with Crippen molar-refractivity contribution in [3.63, 3.8) is 0 Å². The van der Waals surface area contributed by atoms with Crippen LogP contribution >= 0.6 is 34.8 Å². The predicted octanol–water partition coefficient (Wildman–Crippen LogP) is 11.1. The maximum atomic E-state index is 16.8. The number of esters is 2. The molecule has 1 N–H and O–H groups in total. The van der Waals surface area contributed by atoms with Gasteiger partial charge in [-0.15, -0.1) is 0 Å². The molecular weight excluding hydrogens is 1160 g/mol. The van der Waals surface area contributed by atoms with E-state index in [1.807, 2.05) is 123 Å². The Balaban J connectivity index is 1.01. The van der Waals surface area contributed by atoms with Crippen molar-refractivity contribution in [2.24, 2.45) is 53.3 Å². The molecule has 2 aromatic rings. The standard InChI is InChI=1S/C62H91Cl3FNO17/c1-14-45-51(82-59-54(75-41(12)68)36(7)33(4)47(80-59)28-71-26-43-22-18-16-19-23-43)38(9)39(10)57(78-45)73-30-49-32(3)35(6)53(56(66)77-49)84-58-50(67-61(70)74-31-62(63,64)65)40(11)52(46(15-2)79-58)83-60-55(76-42(13)69)37(8)34(5)48(81-60)29-72-27-44-24-20-17-21-25-44/h16-25,32-40,45-60H,14-15,26-31H2,1-13H3,(H,67,70)/t32-,33+,34+,35-,36-,37-,38+,39?,40+,45?,46?,47?,48?,49?,50?,51-,52-,53?,54?,55?,56-,57+,58-,59-,60-/m0/s1. The van der Waals surface area contributed by atoms with Gasteiger partial charge in [-0.3, -0.25) is 9.59 Å². The summed E-state index contributed by atoms with van der Waals surface area (Å²) < 4.78 is 104. The van der Waals surface area contributed by atoms with Crippen molar-refractivity contribution in [2.75, 3.05) is 26.4 Å². The summed E-state index contributed by atoms with van der Waals surface area (Å²) in [5.41, 5.74) is 2.05. The number of benzene rings is 2. The number of hydrogen-bond donors (Lipinski definition) is 1. The van der Waals surface area contributed by atoms with Crippen LogP contribution in [0.1, 0.15) is 114 Å². The van der Waals surface area contributed by atoms with Gasteiger partial charge in [-0.05, 0) is 53.6 Å². The third kappa shape index (κ3) is 17.9. The second kappa shape index (κ2) is 31.5. The molecule has 5 aliphatic rings. The van der Waals surface area contributed by atoms with Crippen LogP contribution in [0.15, 0.2) is 60.7 Å². The van der Waals surface area contributed by atoms with Gasteiger partial charge in [0, 0.05) is 37.5 Å². The summed E-state index contributed by atoms with van der Waals surface area (Å²) in [6.07, 6.45) is -12.4. The summed E-state index contributed by atoms with van der Waals surface area (Å²) in [5.74, 6) is -3.13. The number of amides is 1. The van der Waals surface area contributed by atoms with Crippen LogP contribution in [-0.4, -0.2) is 147 Å². The quantitative estimate of drug-likeness (QED) is 0.0627. The van der Waals surface area contributed by atoms with Gasteiger partial charge < -0.3 is 71.6 Å². The summed E-state index contributed by atoms with van der Waals surface area (Å²) in [4.78, 5) is 38.6. The molecule has 7 rings (SSSR count). The number of halogens is 4. The van der Waals surface area contributed by atoms with E-state index in [1.165, 1.54) is 13.8 Å². The maximum Gasteiger partial charge on any atom is 0.407 e. The summed E-state index contributed by atoms with van der Waals surface area (Å²) in [6.45, 7) is 25.3. The first-order valence-electron chi connectivity index (χ1n) is 30.0. The Hall–Kier alpha value is -2.99. The normalized spacial score (nSPS) is 39.2. The minimum atomic E-state index is -1.96. The van der Waals surface area contributed by atoms with Crippen molar-refractivity contribution in [1.29, 1.82) is 0 Å². The van der Waals surface area contributed by atoms with Crippen LogP contribution in [0.3, 0.4) is 0 Å². The monoisotopic (exact) mass is 1250 g/mol. The smallest absolute Gasteiger partial charge is 0.407 e. The Kier molecular flexibility index (Phi) is 25.7. The molecule has 10 unspecified atom stereocenters. The van der Waals surface area contributed by atoms with Crippen LogP contribution in [0, 0.1) is 53.3 Å². The van der Waals surface area contributed by atoms with Crippen LogP contribution in [0.5, 0.6) is 0 Å². The van der Waals surface area contributed by atoms with E-state index in [0.717, 1.165) is 11.1 Å². The summed E-state index contributed by atoms with van der Waals surface area (Å²) in [7, 11) is 0. The molecule has 0 saturated carbocycles. The third-order valence-electron chi connectivity index (χ3n) is 18.2. The Morgan fingerprint density at radius 2 is 0.905 bits per heavy atom. The molecule has 25 atom stereocenters. The van der Waals surface area contributed by atoms with Crippen molar-refractivity contribution >= 4 is 52.8 Å². The Morgan fingerprint density at radius 1 is 0.500 bits per heavy atom. The molecule has 1 amide bonds. The topological polar surface area (TPSA) is 192 Å². The van der Waals surface area contributed by atoms with Gasteiger partial charge in [0.15, 0.2) is 37.4 Å². The lowest BCUT2D eigenvalue weighted by Gasteiger charge is -2.51. The van der Waals surface area contributed by atoms with Crippen molar-refractivity contribution < 1.29 is 85.1 Å². The van der Waals surface area contributed by atoms with Crippen molar-refractivity contribution in [3.05, 3.63) is 71.8 Å². The van der Waals surface area contributed by atoms with E-state index in [9.17, 15) is 14.4 Å². The zero-order chi connectivity index (χ0) is 61.2. The molecule has 0 bridgehead atoms. The van der Waals surface area contributed by atoms with E-state index < -0.39 is 133 Å². The fourth-order valence-electron chi connectivity index (χ4n) is 12.1. The number of nitrogens with one attached hydrogen (secondary N) is 1. The first-order chi connectivity index (χ1) is 39.9. The zero-order valence-corrected chi connectivity index (χ0v) is 53.1. The Labute approximate surface area is 510 Å². The second-order valence-electron chi connectivity index (χ2n) is 23.9. The maximum absolute atomic E-state index is 16.8. The predicted molar refractivity (Wildman–Crippen MR) is 310 cm³/mol. The van der Waals surface area contributed by atoms with Crippen molar-refractivity contribution in [2.45, 2.75) is 218 Å². The molecule has 5 fully saturated rings. The molecule has 5 aliphatic heterocycles. The number of alkyl carbamates (subject to hydrolysis) is 1. The van der Waals surface area contributed by atoms with Crippen LogP contribution in [-0.2, 0) is 89.1 Å². The molecule has 474 valence electrons. The highest BCUT2D eigenvalue weighted by molar-refractivity contribution is 6.67. The van der Waals surface area contributed by atoms with E-state index in [2.05, 4.69) is 19.2 Å². The van der Waals surface area contributed by atoms with Crippen LogP contribution in [0.4, 0.5) is 9.18 Å². The highest BCUT2D eigenvalue weighted by atomic mass is 35.6. The molecule has 84 heavy (non-hydrogen) atoms. The number of ether oxygens (including phenoxy) is 14. The highest BCUT2D eigenvalue weighted by Crippen LogP contribution is 2.43. The lowest BCUT2D eigenvalue weighted by Crippen LogP contribution is -2.64. The largest absolute Gasteiger partial charge is 0.457 e. The van der Waals surface area contributed by atoms with E-state index >= 15 is 4.39 Å². The number of carbonyl (C=O) groups is 3. The van der Waals surface area contributed by atoms with Gasteiger partial charge >= 0.3 is 18.0 Å². The molecule has 18 nitrogen and oxygen atoms in total. The van der Waals surface area contributed by atoms with Crippen molar-refractivity contribution in [3.8, 4) is 0 Å². The SMILES string of the molecule is CCC1O[C@@H](OCC2O[C@H](F)C(O[C@@H]3OC(CC)[C@@H](O[C@@H]4OC(COCc5ccccc5)[C@H](C)[C@H](C)C4OC(C)=O)[C@H](C)C3NC(=O)OCC(Cl)(Cl)Cl)[C@@H](C)[C@@H]2C)C(C)[C@@H](C)[C@@H]1O[C@@H]1OC(COCc2ccccc2)[C@H](C)[C@H](C)C1OC(C)=O. The van der Waals surface area contributed by atoms with Crippen LogP contribution in [0.25, 0.3) is 0 Å². The summed E-state index contributed by atoms with van der Waals surface area (Å²) in [5, 5.41) is 2.83. The number of rotatable bonds is 23. The van der Waals surface area contributed by atoms with Gasteiger partial charge in [0.05, 0.1) is 81.8 Å². The molecule has 2 aromatic carbocycles. The summed E-state index contributed by atoms with van der Waals surface area (Å²) in [6, 6.07) is 18.7. The first-order valence-corrected chi connectivity index (χ1v) is 31.1. The molecule has 5 heterocycles. The molecule has 22 heteroatoms. The molecule has 0 spiro atoms. The van der Waals surface area contributed by atoms with Gasteiger partial charge in [-0.2, -0.15) is 0 Å². The third-order valence-corrected chi connectivity index (χ3v) is 18.5. The summed E-state index contributed by atoms with van der Waals surface area (Å²) >= 11 is 17.9. The fraction of sp³-hybridized carbons (Fsp3) is 0.758. The molecule has 0 aromatic heterocycles. The number of alkyl halides is 4. The van der Waals surface area contributed by atoms with Gasteiger partial charge in [0.2, 0.25) is 10.2 Å². The molecule has 5 saturated heterocycles. The minimum absolute atomic E-state index is 0.00471. The average molecular weight is 1250 g/mol. The molecule has 0 radical (unpaired) electrons. The van der Waals surface area contributed by atoms with Crippen molar-refractivity contribution in [1.82, 2.24) is 5.32 Å². The Bertz CT molecular complexity index is 2350. The van der Waals surface area contributed by atoms with E-state index in [-0.39, 0.29) is 60.7 Å². The Morgan fingerprint density at radius 3 is 1.36 bits per heavy atom. The van der Waals surface area contributed by atoms with Gasteiger partial charge in [0.1, 0.15) is 12.7 Å².